The first-order valence-electron chi connectivity index (χ1n) is 35.8. The fourth-order valence-electron chi connectivity index (χ4n) is 12.0. The third-order valence-electron chi connectivity index (χ3n) is 17.5. The highest BCUT2D eigenvalue weighted by atomic mass is 16.3. The first-order chi connectivity index (χ1) is 37.6. The van der Waals surface area contributed by atoms with Gasteiger partial charge in [-0.25, -0.2) is 0 Å². The van der Waals surface area contributed by atoms with Gasteiger partial charge < -0.3 is 20.6 Å². The molecule has 0 rings (SSSR count). The largest absolute Gasteiger partial charge is 0.394 e. The van der Waals surface area contributed by atoms with Crippen molar-refractivity contribution in [2.24, 2.45) is 0 Å². The van der Waals surface area contributed by atoms with Gasteiger partial charge in [-0.3, -0.25) is 4.79 Å². The molecule has 5 heteroatoms. The van der Waals surface area contributed by atoms with E-state index in [1.807, 2.05) is 0 Å². The second-order valence-electron chi connectivity index (χ2n) is 25.2. The Balaban J connectivity index is 3.40. The van der Waals surface area contributed by atoms with Gasteiger partial charge in [-0.05, 0) is 12.8 Å². The maximum atomic E-state index is 12.6. The Morgan fingerprint density at radius 1 is 0.276 bits per heavy atom. The number of aliphatic hydroxyl groups excluding tert-OH is 3. The van der Waals surface area contributed by atoms with Crippen molar-refractivity contribution in [1.82, 2.24) is 5.32 Å². The molecule has 0 saturated carbocycles. The van der Waals surface area contributed by atoms with Gasteiger partial charge in [0.05, 0.1) is 18.8 Å². The molecule has 0 aliphatic heterocycles. The quantitative estimate of drug-likeness (QED) is 0.0457. The Morgan fingerprint density at radius 2 is 0.447 bits per heavy atom. The summed E-state index contributed by atoms with van der Waals surface area (Å²) in [4.78, 5) is 12.6. The molecule has 3 unspecified atom stereocenters. The van der Waals surface area contributed by atoms with Crippen LogP contribution in [-0.2, 0) is 4.79 Å². The standard InChI is InChI=1S/C71H143NO4/c1-3-5-7-9-11-13-15-17-19-21-23-25-27-28-29-30-31-32-33-34-35-36-37-38-39-40-41-42-44-46-48-50-52-54-56-58-60-62-64-66-70(75)72-68(67-73)71(76)69(74)65-63-61-59-57-55-53-51-49-47-45-43-26-24-22-20-18-16-14-12-10-8-6-4-2/h68-69,71,73-74,76H,3-67H2,1-2H3,(H,72,75). The topological polar surface area (TPSA) is 89.8 Å². The molecule has 4 N–H and O–H groups in total. The number of rotatable bonds is 68. The van der Waals surface area contributed by atoms with Gasteiger partial charge in [0.1, 0.15) is 6.10 Å². The van der Waals surface area contributed by atoms with E-state index in [9.17, 15) is 20.1 Å². The minimum atomic E-state index is -1.13. The van der Waals surface area contributed by atoms with Crippen LogP contribution in [0.2, 0.25) is 0 Å². The Morgan fingerprint density at radius 3 is 0.632 bits per heavy atom. The Bertz CT molecular complexity index is 1050. The van der Waals surface area contributed by atoms with Gasteiger partial charge in [-0.2, -0.15) is 0 Å². The molecule has 0 aromatic rings. The van der Waals surface area contributed by atoms with Crippen LogP contribution < -0.4 is 5.32 Å². The molecule has 0 radical (unpaired) electrons. The molecule has 5 nitrogen and oxygen atoms in total. The van der Waals surface area contributed by atoms with Crippen molar-refractivity contribution in [2.45, 2.75) is 443 Å². The number of aliphatic hydroxyl groups is 3. The highest BCUT2D eigenvalue weighted by Crippen LogP contribution is 2.20. The predicted molar refractivity (Wildman–Crippen MR) is 338 cm³/mol. The van der Waals surface area contributed by atoms with E-state index in [0.29, 0.717) is 12.8 Å². The van der Waals surface area contributed by atoms with Gasteiger partial charge in [0.2, 0.25) is 5.91 Å². The molecule has 76 heavy (non-hydrogen) atoms. The molecule has 0 heterocycles. The zero-order valence-electron chi connectivity index (χ0n) is 52.4. The summed E-state index contributed by atoms with van der Waals surface area (Å²) in [5.41, 5.74) is 0. The van der Waals surface area contributed by atoms with E-state index in [1.54, 1.807) is 0 Å². The first kappa shape index (κ1) is 75.3. The lowest BCUT2D eigenvalue weighted by atomic mass is 9.99. The highest BCUT2D eigenvalue weighted by Gasteiger charge is 2.27. The van der Waals surface area contributed by atoms with Crippen molar-refractivity contribution in [1.29, 1.82) is 0 Å². The normalized spacial score (nSPS) is 13.0. The van der Waals surface area contributed by atoms with Crippen molar-refractivity contribution in [2.75, 3.05) is 6.61 Å². The van der Waals surface area contributed by atoms with Gasteiger partial charge in [-0.1, -0.05) is 406 Å². The van der Waals surface area contributed by atoms with Gasteiger partial charge in [0.25, 0.3) is 0 Å². The number of hydrogen-bond donors (Lipinski definition) is 4. The summed E-state index contributed by atoms with van der Waals surface area (Å²) in [5, 5.41) is 34.0. The zero-order valence-corrected chi connectivity index (χ0v) is 52.4. The number of amides is 1. The van der Waals surface area contributed by atoms with Crippen LogP contribution in [0.3, 0.4) is 0 Å². The van der Waals surface area contributed by atoms with Crippen LogP contribution in [0, 0.1) is 0 Å². The Labute approximate surface area is 478 Å². The molecule has 0 fully saturated rings. The van der Waals surface area contributed by atoms with E-state index in [1.165, 1.54) is 366 Å². The minimum Gasteiger partial charge on any atom is -0.394 e. The highest BCUT2D eigenvalue weighted by molar-refractivity contribution is 5.76. The summed E-state index contributed by atoms with van der Waals surface area (Å²) in [6, 6.07) is -0.806. The molecular weight excluding hydrogens is 931 g/mol. The average Bonchev–Trinajstić information content (AvgIpc) is 3.42. The van der Waals surface area contributed by atoms with Crippen LogP contribution in [0.5, 0.6) is 0 Å². The molecule has 0 aromatic heterocycles. The lowest BCUT2D eigenvalue weighted by molar-refractivity contribution is -0.124. The van der Waals surface area contributed by atoms with Crippen LogP contribution in [0.25, 0.3) is 0 Å². The fourth-order valence-corrected chi connectivity index (χ4v) is 12.0. The fraction of sp³-hybridized carbons (Fsp3) is 0.986. The smallest absolute Gasteiger partial charge is 0.220 e. The first-order valence-corrected chi connectivity index (χ1v) is 35.8. The molecule has 0 aromatic carbocycles. The Kier molecular flexibility index (Phi) is 66.3. The third kappa shape index (κ3) is 61.0. The van der Waals surface area contributed by atoms with E-state index in [0.717, 1.165) is 32.1 Å². The molecule has 0 aliphatic carbocycles. The van der Waals surface area contributed by atoms with Crippen LogP contribution in [-0.4, -0.2) is 46.1 Å². The number of carbonyl (C=O) groups excluding carboxylic acids is 1. The summed E-state index contributed by atoms with van der Waals surface area (Å²) < 4.78 is 0. The van der Waals surface area contributed by atoms with Crippen molar-refractivity contribution in [3.8, 4) is 0 Å². The summed E-state index contributed by atoms with van der Waals surface area (Å²) >= 11 is 0. The molecule has 456 valence electrons. The van der Waals surface area contributed by atoms with E-state index < -0.39 is 18.2 Å². The lowest BCUT2D eigenvalue weighted by Crippen LogP contribution is -2.50. The van der Waals surface area contributed by atoms with Crippen LogP contribution in [0.4, 0.5) is 0 Å². The maximum absolute atomic E-state index is 12.6. The van der Waals surface area contributed by atoms with Gasteiger partial charge in [0, 0.05) is 6.42 Å². The van der Waals surface area contributed by atoms with Crippen LogP contribution in [0.1, 0.15) is 425 Å². The molecule has 3 atom stereocenters. The maximum Gasteiger partial charge on any atom is 0.220 e. The van der Waals surface area contributed by atoms with E-state index >= 15 is 0 Å². The monoisotopic (exact) mass is 1070 g/mol. The van der Waals surface area contributed by atoms with E-state index in [4.69, 9.17) is 0 Å². The second kappa shape index (κ2) is 66.9. The lowest BCUT2D eigenvalue weighted by Gasteiger charge is -2.26. The molecule has 1 amide bonds. The van der Waals surface area contributed by atoms with Crippen molar-refractivity contribution in [3.63, 3.8) is 0 Å². The molecule has 0 bridgehead atoms. The summed E-state index contributed by atoms with van der Waals surface area (Å²) in [7, 11) is 0. The number of unbranched alkanes of at least 4 members (excludes halogenated alkanes) is 60. The number of hydrogen-bond acceptors (Lipinski definition) is 4. The van der Waals surface area contributed by atoms with E-state index in [2.05, 4.69) is 19.2 Å². The molecule has 0 spiro atoms. The van der Waals surface area contributed by atoms with Crippen LogP contribution in [0.15, 0.2) is 0 Å². The number of nitrogens with one attached hydrogen (secondary N) is 1. The molecule has 0 saturated heterocycles. The van der Waals surface area contributed by atoms with Crippen LogP contribution >= 0.6 is 0 Å². The molecular formula is C71H143NO4. The average molecular weight is 1070 g/mol. The van der Waals surface area contributed by atoms with Gasteiger partial charge in [0.15, 0.2) is 0 Å². The second-order valence-corrected chi connectivity index (χ2v) is 25.2. The summed E-state index contributed by atoms with van der Waals surface area (Å²) in [6.07, 6.45) is 84.8. The third-order valence-corrected chi connectivity index (χ3v) is 17.5. The molecule has 0 aliphatic rings. The summed E-state index contributed by atoms with van der Waals surface area (Å²) in [5.74, 6) is -0.133. The van der Waals surface area contributed by atoms with E-state index in [-0.39, 0.29) is 12.5 Å². The van der Waals surface area contributed by atoms with Crippen molar-refractivity contribution < 1.29 is 20.1 Å². The van der Waals surface area contributed by atoms with Crippen molar-refractivity contribution >= 4 is 5.91 Å². The predicted octanol–water partition coefficient (Wildman–Crippen LogP) is 23.2. The van der Waals surface area contributed by atoms with Gasteiger partial charge in [-0.15, -0.1) is 0 Å². The minimum absolute atomic E-state index is 0.133. The SMILES string of the molecule is CCCCCCCCCCCCCCCCCCCCCCCCCCCCCCCCCCCCCCCCCC(=O)NC(CO)C(O)C(O)CCCCCCCCCCCCCCCCCCCCCCCCC. The zero-order chi connectivity index (χ0) is 55.0. The van der Waals surface area contributed by atoms with Gasteiger partial charge >= 0.3 is 0 Å². The Hall–Kier alpha value is -0.650. The summed E-state index contributed by atoms with van der Waals surface area (Å²) in [6.45, 7) is 4.24. The van der Waals surface area contributed by atoms with Crippen molar-refractivity contribution in [3.05, 3.63) is 0 Å². The number of carbonyl (C=O) groups is 1.